The molecule has 5 aromatic rings. The molecule has 4 aromatic carbocycles. The molecule has 0 saturated heterocycles. The minimum atomic E-state index is -3.46. The van der Waals surface area contributed by atoms with E-state index < -0.39 is 10.0 Å². The summed E-state index contributed by atoms with van der Waals surface area (Å²) < 4.78 is 26.1. The maximum absolute atomic E-state index is 11.8. The van der Waals surface area contributed by atoms with Crippen LogP contribution in [0.25, 0.3) is 10.9 Å². The molecule has 0 fully saturated rings. The average molecular weight is 539 g/mol. The number of benzene rings is 4. The first-order valence-electron chi connectivity index (χ1n) is 12.5. The number of rotatable bonds is 9. The lowest BCUT2D eigenvalue weighted by atomic mass is 10.0. The molecule has 0 radical (unpaired) electrons. The second kappa shape index (κ2) is 11.1. The van der Waals surface area contributed by atoms with Crippen molar-refractivity contribution in [1.82, 2.24) is 9.88 Å². The van der Waals surface area contributed by atoms with Gasteiger partial charge in [0, 0.05) is 35.2 Å². The number of aromatic nitrogens is 1. The first kappa shape index (κ1) is 26.2. The van der Waals surface area contributed by atoms with Crippen LogP contribution in [-0.2, 0) is 23.1 Å². The third kappa shape index (κ3) is 6.54. The molecule has 0 bridgehead atoms. The number of fused-ring (bicyclic) bond motifs is 1. The molecular formula is C31H30N4O3S. The quantitative estimate of drug-likeness (QED) is 0.199. The number of aromatic hydroxyl groups is 1. The second-order valence-electron chi connectivity index (χ2n) is 9.63. The van der Waals surface area contributed by atoms with Crippen molar-refractivity contribution < 1.29 is 13.5 Å². The molecule has 7 nitrogen and oxygen atoms in total. The molecule has 0 aliphatic rings. The van der Waals surface area contributed by atoms with Gasteiger partial charge in [0.25, 0.3) is 0 Å². The van der Waals surface area contributed by atoms with Crippen molar-refractivity contribution in [3.05, 3.63) is 125 Å². The monoisotopic (exact) mass is 538 g/mol. The van der Waals surface area contributed by atoms with Crippen molar-refractivity contribution in [1.29, 1.82) is 0 Å². The summed E-state index contributed by atoms with van der Waals surface area (Å²) in [6.07, 6.45) is 1.10. The number of hydrogen-bond acceptors (Lipinski definition) is 5. The highest BCUT2D eigenvalue weighted by Gasteiger charge is 2.19. The van der Waals surface area contributed by atoms with Crippen LogP contribution in [-0.4, -0.2) is 42.4 Å². The fraction of sp³-hybridized carbons (Fsp3) is 0.129. The molecule has 198 valence electrons. The molecular weight excluding hydrogens is 508 g/mol. The van der Waals surface area contributed by atoms with Crippen LogP contribution in [0.2, 0.25) is 0 Å². The summed E-state index contributed by atoms with van der Waals surface area (Å²) in [6, 6.07) is 33.1. The third-order valence-electron chi connectivity index (χ3n) is 6.29. The van der Waals surface area contributed by atoms with E-state index in [1.54, 1.807) is 18.2 Å². The Hall–Kier alpha value is -4.40. The van der Waals surface area contributed by atoms with Crippen LogP contribution in [0.4, 0.5) is 11.4 Å². The van der Waals surface area contributed by atoms with Gasteiger partial charge in [-0.15, -0.1) is 0 Å². The minimum Gasteiger partial charge on any atom is -0.494 e. The Morgan fingerprint density at radius 1 is 0.872 bits per heavy atom. The molecule has 0 amide bonds. The van der Waals surface area contributed by atoms with Crippen LogP contribution in [0, 0.1) is 0 Å². The van der Waals surface area contributed by atoms with E-state index in [1.807, 2.05) is 48.5 Å². The Morgan fingerprint density at radius 3 is 2.13 bits per heavy atom. The zero-order valence-corrected chi connectivity index (χ0v) is 22.6. The largest absolute Gasteiger partial charge is 0.494 e. The van der Waals surface area contributed by atoms with Gasteiger partial charge in [0.05, 0.1) is 23.2 Å². The van der Waals surface area contributed by atoms with E-state index in [0.29, 0.717) is 27.9 Å². The summed E-state index contributed by atoms with van der Waals surface area (Å²) in [5.74, 6) is -0.0386. The Balaban J connectivity index is 1.49. The molecule has 0 aliphatic carbocycles. The Morgan fingerprint density at radius 2 is 1.49 bits per heavy atom. The highest BCUT2D eigenvalue weighted by Crippen LogP contribution is 2.33. The number of H-pyrrole nitrogens is 1. The zero-order valence-electron chi connectivity index (χ0n) is 21.8. The lowest BCUT2D eigenvalue weighted by molar-refractivity contribution is 0.319. The molecule has 0 saturated carbocycles. The fourth-order valence-corrected chi connectivity index (χ4v) is 5.18. The molecule has 1 heterocycles. The van der Waals surface area contributed by atoms with E-state index in [-0.39, 0.29) is 5.88 Å². The predicted molar refractivity (Wildman–Crippen MR) is 158 cm³/mol. The Kier molecular flexibility index (Phi) is 7.49. The van der Waals surface area contributed by atoms with Gasteiger partial charge >= 0.3 is 0 Å². The summed E-state index contributed by atoms with van der Waals surface area (Å²) in [5.41, 5.74) is 6.14. The maximum Gasteiger partial charge on any atom is 0.229 e. The predicted octanol–water partition coefficient (Wildman–Crippen LogP) is 6.05. The van der Waals surface area contributed by atoms with Crippen molar-refractivity contribution >= 4 is 38.0 Å². The van der Waals surface area contributed by atoms with E-state index in [2.05, 4.69) is 58.1 Å². The number of anilines is 1. The summed E-state index contributed by atoms with van der Waals surface area (Å²) in [6.45, 7) is 1.65. The third-order valence-corrected chi connectivity index (χ3v) is 6.90. The van der Waals surface area contributed by atoms with Crippen LogP contribution < -0.4 is 4.72 Å². The van der Waals surface area contributed by atoms with E-state index in [9.17, 15) is 13.5 Å². The number of nitrogens with one attached hydrogen (secondary N) is 2. The minimum absolute atomic E-state index is 0.0386. The van der Waals surface area contributed by atoms with Gasteiger partial charge in [0.15, 0.2) is 5.88 Å². The highest BCUT2D eigenvalue weighted by molar-refractivity contribution is 7.92. The summed E-state index contributed by atoms with van der Waals surface area (Å²) in [4.78, 5) is 10.2. The standard InChI is InChI=1S/C31H30N4O3S/c1-35(20-22-9-5-3-6-10-22)21-23-13-15-25(16-14-23)32-30(24-11-7-4-8-12-24)29-27-19-26(34-39(2,37)38)17-18-28(27)33-31(29)36/h3-19,33-34,36H,20-21H2,1-2H3. The van der Waals surface area contributed by atoms with Crippen molar-refractivity contribution in [3.8, 4) is 5.88 Å². The molecule has 8 heteroatoms. The van der Waals surface area contributed by atoms with Crippen LogP contribution >= 0.6 is 0 Å². The van der Waals surface area contributed by atoms with Gasteiger partial charge in [0.1, 0.15) is 0 Å². The van der Waals surface area contributed by atoms with E-state index in [1.165, 1.54) is 11.1 Å². The molecule has 1 aromatic heterocycles. The molecule has 0 atom stereocenters. The first-order valence-corrected chi connectivity index (χ1v) is 14.4. The van der Waals surface area contributed by atoms with Crippen molar-refractivity contribution in [2.45, 2.75) is 13.1 Å². The molecule has 5 rings (SSSR count). The second-order valence-corrected chi connectivity index (χ2v) is 11.4. The topological polar surface area (TPSA) is 97.8 Å². The normalized spacial score (nSPS) is 12.2. The van der Waals surface area contributed by atoms with Gasteiger partial charge in [0.2, 0.25) is 10.0 Å². The number of sulfonamides is 1. The lowest BCUT2D eigenvalue weighted by Crippen LogP contribution is -2.17. The average Bonchev–Trinajstić information content (AvgIpc) is 3.23. The molecule has 0 aliphatic heterocycles. The van der Waals surface area contributed by atoms with Gasteiger partial charge in [-0.25, -0.2) is 13.4 Å². The fourth-order valence-electron chi connectivity index (χ4n) is 4.62. The van der Waals surface area contributed by atoms with E-state index in [0.717, 1.165) is 30.6 Å². The number of hydrogen-bond donors (Lipinski definition) is 3. The van der Waals surface area contributed by atoms with Crippen LogP contribution in [0.3, 0.4) is 0 Å². The summed E-state index contributed by atoms with van der Waals surface area (Å²) >= 11 is 0. The van der Waals surface area contributed by atoms with Crippen LogP contribution in [0.5, 0.6) is 5.88 Å². The van der Waals surface area contributed by atoms with Gasteiger partial charge in [-0.2, -0.15) is 0 Å². The lowest BCUT2D eigenvalue weighted by Gasteiger charge is -2.17. The smallest absolute Gasteiger partial charge is 0.229 e. The van der Waals surface area contributed by atoms with Crippen LogP contribution in [0.1, 0.15) is 22.3 Å². The molecule has 0 spiro atoms. The van der Waals surface area contributed by atoms with Crippen molar-refractivity contribution in [3.63, 3.8) is 0 Å². The SMILES string of the molecule is CN(Cc1ccccc1)Cc1ccc(N=C(c2ccccc2)c2c(O)[nH]c3ccc(NS(C)(=O)=O)cc23)cc1. The number of aliphatic imine (C=N–C) groups is 1. The first-order chi connectivity index (χ1) is 18.7. The molecule has 0 unspecified atom stereocenters. The zero-order chi connectivity index (χ0) is 27.4. The number of aromatic amines is 1. The molecule has 39 heavy (non-hydrogen) atoms. The van der Waals surface area contributed by atoms with Crippen molar-refractivity contribution in [2.24, 2.45) is 4.99 Å². The highest BCUT2D eigenvalue weighted by atomic mass is 32.2. The van der Waals surface area contributed by atoms with Crippen LogP contribution in [0.15, 0.2) is 108 Å². The summed E-state index contributed by atoms with van der Waals surface area (Å²) in [7, 11) is -1.36. The van der Waals surface area contributed by atoms with Crippen molar-refractivity contribution in [2.75, 3.05) is 18.0 Å². The van der Waals surface area contributed by atoms with Gasteiger partial charge in [-0.05, 0) is 48.5 Å². The number of nitrogens with zero attached hydrogens (tertiary/aromatic N) is 2. The van der Waals surface area contributed by atoms with Gasteiger partial charge in [-0.1, -0.05) is 72.8 Å². The Labute approximate surface area is 228 Å². The Bertz CT molecular complexity index is 1710. The summed E-state index contributed by atoms with van der Waals surface area (Å²) in [5, 5.41) is 11.6. The maximum atomic E-state index is 11.8. The van der Waals surface area contributed by atoms with E-state index in [4.69, 9.17) is 4.99 Å². The van der Waals surface area contributed by atoms with Gasteiger partial charge < -0.3 is 10.1 Å². The van der Waals surface area contributed by atoms with E-state index >= 15 is 0 Å². The van der Waals surface area contributed by atoms with Gasteiger partial charge in [-0.3, -0.25) is 9.62 Å². The molecule has 3 N–H and O–H groups in total.